The van der Waals surface area contributed by atoms with E-state index in [1.165, 1.54) is 11.8 Å². The predicted molar refractivity (Wildman–Crippen MR) is 114 cm³/mol. The Kier molecular flexibility index (Phi) is 6.57. The molecule has 0 aliphatic rings. The molecule has 0 saturated carbocycles. The molecule has 0 fully saturated rings. The van der Waals surface area contributed by atoms with E-state index in [0.29, 0.717) is 16.7 Å². The number of aromatic nitrogens is 3. The van der Waals surface area contributed by atoms with Gasteiger partial charge in [0.1, 0.15) is 0 Å². The second-order valence-electron chi connectivity index (χ2n) is 5.86. The molecule has 1 amide bonds. The maximum Gasteiger partial charge on any atom is 0.234 e. The maximum atomic E-state index is 12.3. The molecule has 2 aromatic carbocycles. The van der Waals surface area contributed by atoms with Gasteiger partial charge in [0, 0.05) is 27.3 Å². The van der Waals surface area contributed by atoms with E-state index in [4.69, 9.17) is 11.6 Å². The van der Waals surface area contributed by atoms with Crippen LogP contribution < -0.4 is 5.32 Å². The van der Waals surface area contributed by atoms with E-state index >= 15 is 0 Å². The monoisotopic (exact) mass is 464 g/mol. The van der Waals surface area contributed by atoms with Crippen molar-refractivity contribution in [1.29, 1.82) is 0 Å². The van der Waals surface area contributed by atoms with E-state index < -0.39 is 0 Å². The SMILES string of the molecule is CCn1c(SCC(=O)Nc2ccc(Br)cc2C)nnc1-c1cccc(Cl)c1. The summed E-state index contributed by atoms with van der Waals surface area (Å²) in [5.41, 5.74) is 2.71. The first-order chi connectivity index (χ1) is 13.0. The summed E-state index contributed by atoms with van der Waals surface area (Å²) in [6.07, 6.45) is 0. The van der Waals surface area contributed by atoms with E-state index in [2.05, 4.69) is 31.4 Å². The van der Waals surface area contributed by atoms with Gasteiger partial charge in [-0.1, -0.05) is 51.4 Å². The average molecular weight is 466 g/mol. The summed E-state index contributed by atoms with van der Waals surface area (Å²) >= 11 is 10.9. The predicted octanol–water partition coefficient (Wildman–Crippen LogP) is 5.42. The molecule has 0 bridgehead atoms. The molecule has 0 aliphatic carbocycles. The van der Waals surface area contributed by atoms with Crippen LogP contribution in [-0.4, -0.2) is 26.4 Å². The third-order valence-corrected chi connectivity index (χ3v) is 5.61. The molecule has 0 spiro atoms. The van der Waals surface area contributed by atoms with E-state index in [-0.39, 0.29) is 11.7 Å². The van der Waals surface area contributed by atoms with Crippen molar-refractivity contribution < 1.29 is 4.79 Å². The summed E-state index contributed by atoms with van der Waals surface area (Å²) in [5.74, 6) is 0.912. The van der Waals surface area contributed by atoms with Gasteiger partial charge in [0.05, 0.1) is 5.75 Å². The normalized spacial score (nSPS) is 10.8. The fourth-order valence-electron chi connectivity index (χ4n) is 2.61. The van der Waals surface area contributed by atoms with Gasteiger partial charge >= 0.3 is 0 Å². The number of amides is 1. The van der Waals surface area contributed by atoms with E-state index in [9.17, 15) is 4.79 Å². The van der Waals surface area contributed by atoms with Gasteiger partial charge in [-0.05, 0) is 49.7 Å². The highest BCUT2D eigenvalue weighted by atomic mass is 79.9. The van der Waals surface area contributed by atoms with Crippen molar-refractivity contribution in [3.05, 3.63) is 57.5 Å². The zero-order valence-electron chi connectivity index (χ0n) is 14.9. The molecule has 3 aromatic rings. The Morgan fingerprint density at radius 2 is 2.07 bits per heavy atom. The van der Waals surface area contributed by atoms with Crippen LogP contribution in [-0.2, 0) is 11.3 Å². The van der Waals surface area contributed by atoms with Gasteiger partial charge in [0.25, 0.3) is 0 Å². The number of benzene rings is 2. The van der Waals surface area contributed by atoms with Crippen molar-refractivity contribution >= 4 is 50.9 Å². The van der Waals surface area contributed by atoms with Gasteiger partial charge in [-0.2, -0.15) is 0 Å². The lowest BCUT2D eigenvalue weighted by Crippen LogP contribution is -2.15. The van der Waals surface area contributed by atoms with Crippen LogP contribution in [0.3, 0.4) is 0 Å². The molecule has 0 unspecified atom stereocenters. The highest BCUT2D eigenvalue weighted by Crippen LogP contribution is 2.26. The van der Waals surface area contributed by atoms with Crippen LogP contribution in [0.15, 0.2) is 52.1 Å². The van der Waals surface area contributed by atoms with Gasteiger partial charge in [0.2, 0.25) is 5.91 Å². The minimum atomic E-state index is -0.0830. The fourth-order valence-corrected chi connectivity index (χ4v) is 4.07. The minimum absolute atomic E-state index is 0.0830. The van der Waals surface area contributed by atoms with Crippen molar-refractivity contribution in [1.82, 2.24) is 14.8 Å². The van der Waals surface area contributed by atoms with Crippen molar-refractivity contribution in [2.75, 3.05) is 11.1 Å². The van der Waals surface area contributed by atoms with Crippen LogP contribution >= 0.6 is 39.3 Å². The summed E-state index contributed by atoms with van der Waals surface area (Å²) in [4.78, 5) is 12.3. The van der Waals surface area contributed by atoms with Gasteiger partial charge in [0.15, 0.2) is 11.0 Å². The number of halogens is 2. The van der Waals surface area contributed by atoms with Crippen molar-refractivity contribution in [2.24, 2.45) is 0 Å². The number of hydrogen-bond acceptors (Lipinski definition) is 4. The van der Waals surface area contributed by atoms with E-state index in [1.54, 1.807) is 0 Å². The Bertz CT molecular complexity index is 976. The molecule has 0 aliphatic heterocycles. The molecule has 1 N–H and O–H groups in total. The molecule has 0 saturated heterocycles. The second-order valence-corrected chi connectivity index (χ2v) is 8.15. The Morgan fingerprint density at radius 1 is 1.26 bits per heavy atom. The lowest BCUT2D eigenvalue weighted by Gasteiger charge is -2.09. The van der Waals surface area contributed by atoms with Crippen LogP contribution in [0.2, 0.25) is 5.02 Å². The average Bonchev–Trinajstić information content (AvgIpc) is 3.05. The van der Waals surface area contributed by atoms with Crippen LogP contribution in [0, 0.1) is 6.92 Å². The summed E-state index contributed by atoms with van der Waals surface area (Å²) in [6.45, 7) is 4.68. The highest BCUT2D eigenvalue weighted by molar-refractivity contribution is 9.10. The largest absolute Gasteiger partial charge is 0.325 e. The first-order valence-corrected chi connectivity index (χ1v) is 10.5. The lowest BCUT2D eigenvalue weighted by atomic mass is 10.2. The molecule has 0 radical (unpaired) electrons. The molecule has 8 heteroatoms. The number of nitrogens with one attached hydrogen (secondary N) is 1. The Balaban J connectivity index is 1.70. The number of carbonyl (C=O) groups is 1. The summed E-state index contributed by atoms with van der Waals surface area (Å²) < 4.78 is 2.96. The first-order valence-electron chi connectivity index (χ1n) is 8.36. The molecule has 5 nitrogen and oxygen atoms in total. The Hall–Kier alpha value is -1.83. The molecule has 1 aromatic heterocycles. The molecular weight excluding hydrogens is 448 g/mol. The van der Waals surface area contributed by atoms with Crippen LogP contribution in [0.5, 0.6) is 0 Å². The zero-order chi connectivity index (χ0) is 19.4. The Labute approximate surface area is 175 Å². The van der Waals surface area contributed by atoms with Gasteiger partial charge in [-0.15, -0.1) is 10.2 Å². The topological polar surface area (TPSA) is 59.8 Å². The smallest absolute Gasteiger partial charge is 0.234 e. The summed E-state index contributed by atoms with van der Waals surface area (Å²) in [5, 5.41) is 12.8. The number of thioether (sulfide) groups is 1. The van der Waals surface area contributed by atoms with Gasteiger partial charge in [-0.3, -0.25) is 4.79 Å². The highest BCUT2D eigenvalue weighted by Gasteiger charge is 2.15. The number of hydrogen-bond donors (Lipinski definition) is 1. The minimum Gasteiger partial charge on any atom is -0.325 e. The van der Waals surface area contributed by atoms with Crippen molar-refractivity contribution in [3.8, 4) is 11.4 Å². The van der Waals surface area contributed by atoms with E-state index in [0.717, 1.165) is 27.1 Å². The van der Waals surface area contributed by atoms with Gasteiger partial charge < -0.3 is 9.88 Å². The quantitative estimate of drug-likeness (QED) is 0.494. The number of aryl methyl sites for hydroxylation is 1. The Morgan fingerprint density at radius 3 is 2.78 bits per heavy atom. The first kappa shape index (κ1) is 19.9. The molecule has 0 atom stereocenters. The van der Waals surface area contributed by atoms with Crippen LogP contribution in [0.1, 0.15) is 12.5 Å². The van der Waals surface area contributed by atoms with Crippen molar-refractivity contribution in [3.63, 3.8) is 0 Å². The summed E-state index contributed by atoms with van der Waals surface area (Å²) in [6, 6.07) is 13.3. The molecular formula is C19H18BrClN4OS. The standard InChI is InChI=1S/C19H18BrClN4OS/c1-3-25-18(13-5-4-6-15(21)10-13)23-24-19(25)27-11-17(26)22-16-8-7-14(20)9-12(16)2/h4-10H,3,11H2,1-2H3,(H,22,26). The molecule has 1 heterocycles. The van der Waals surface area contributed by atoms with Crippen LogP contribution in [0.4, 0.5) is 5.69 Å². The van der Waals surface area contributed by atoms with E-state index in [1.807, 2.05) is 60.9 Å². The number of carbonyl (C=O) groups excluding carboxylic acids is 1. The fraction of sp³-hybridized carbons (Fsp3) is 0.211. The number of nitrogens with zero attached hydrogens (tertiary/aromatic N) is 3. The lowest BCUT2D eigenvalue weighted by molar-refractivity contribution is -0.113. The number of rotatable bonds is 6. The summed E-state index contributed by atoms with van der Waals surface area (Å²) in [7, 11) is 0. The maximum absolute atomic E-state index is 12.3. The number of anilines is 1. The second kappa shape index (κ2) is 8.91. The molecule has 140 valence electrons. The molecule has 27 heavy (non-hydrogen) atoms. The third-order valence-electron chi connectivity index (χ3n) is 3.91. The third kappa shape index (κ3) is 4.91. The van der Waals surface area contributed by atoms with Crippen molar-refractivity contribution in [2.45, 2.75) is 25.5 Å². The molecule has 3 rings (SSSR count). The van der Waals surface area contributed by atoms with Gasteiger partial charge in [-0.25, -0.2) is 0 Å². The zero-order valence-corrected chi connectivity index (χ0v) is 18.0. The van der Waals surface area contributed by atoms with Crippen LogP contribution in [0.25, 0.3) is 11.4 Å².